The lowest BCUT2D eigenvalue weighted by atomic mass is 9.94. The van der Waals surface area contributed by atoms with Gasteiger partial charge in [0, 0.05) is 213 Å². The molecule has 0 saturated carbocycles. The third kappa shape index (κ3) is 19.7. The van der Waals surface area contributed by atoms with Crippen LogP contribution in [-0.2, 0) is 53.4 Å². The van der Waals surface area contributed by atoms with Crippen molar-refractivity contribution in [1.82, 2.24) is 63.8 Å². The van der Waals surface area contributed by atoms with E-state index in [1.807, 2.05) is 220 Å². The predicted octanol–water partition coefficient (Wildman–Crippen LogP) is 14.8. The maximum atomic E-state index is 13.8. The van der Waals surface area contributed by atoms with Crippen molar-refractivity contribution >= 4 is 103 Å². The van der Waals surface area contributed by atoms with Gasteiger partial charge < -0.3 is 43.9 Å². The summed E-state index contributed by atoms with van der Waals surface area (Å²) in [6.45, 7) is 10.5. The molecule has 0 radical (unpaired) electrons. The predicted molar refractivity (Wildman–Crippen MR) is 441 cm³/mol. The minimum absolute atomic E-state index is 0.00849. The fraction of sp³-hybridized carbons (Fsp3) is 0.300. The van der Waals surface area contributed by atoms with Gasteiger partial charge in [0.05, 0.1) is 0 Å². The number of nitrogens with zero attached hydrogens (tertiary/aromatic N) is 11. The fourth-order valence-electron chi connectivity index (χ4n) is 15.7. The van der Waals surface area contributed by atoms with Crippen molar-refractivity contribution < 1.29 is 28.8 Å². The molecule has 4 aliphatic rings. The van der Waals surface area contributed by atoms with E-state index in [-0.39, 0.29) is 53.2 Å². The maximum absolute atomic E-state index is 13.8. The smallest absolute Gasteiger partial charge is 0.270 e. The van der Waals surface area contributed by atoms with E-state index in [1.165, 1.54) is 5.56 Å². The highest BCUT2D eigenvalue weighted by atomic mass is 35.5. The van der Waals surface area contributed by atoms with Crippen LogP contribution in [0.25, 0.3) is 32.7 Å². The number of para-hydroxylation sites is 3. The summed E-state index contributed by atoms with van der Waals surface area (Å²) in [4.78, 5) is 102. The van der Waals surface area contributed by atoms with Crippen LogP contribution in [0.5, 0.6) is 0 Å². The fourth-order valence-corrected chi connectivity index (χ4v) is 16.0. The monoisotopic (exact) mass is 1560 g/mol. The summed E-state index contributed by atoms with van der Waals surface area (Å²) in [5.41, 5.74) is 11.7. The van der Waals surface area contributed by atoms with Crippen LogP contribution in [-0.4, -0.2) is 167 Å². The number of piperazine rings is 1. The molecular formula is C90H92Cl3N13O6. The number of hydrogen-bond donors (Lipinski definition) is 2. The zero-order chi connectivity index (χ0) is 77.3. The third-order valence-electron chi connectivity index (χ3n) is 22.0. The second kappa shape index (κ2) is 37.4. The molecule has 6 amide bonds. The van der Waals surface area contributed by atoms with E-state index in [1.54, 1.807) is 24.8 Å². The molecule has 112 heavy (non-hydrogen) atoms. The lowest BCUT2D eigenvalue weighted by molar-refractivity contribution is -0.138. The summed E-state index contributed by atoms with van der Waals surface area (Å²) >= 11 is 18.2. The first-order valence-electron chi connectivity index (χ1n) is 38.8. The summed E-state index contributed by atoms with van der Waals surface area (Å²) in [7, 11) is 0. The molecule has 6 aromatic carbocycles. The van der Waals surface area contributed by atoms with E-state index in [4.69, 9.17) is 34.8 Å². The van der Waals surface area contributed by atoms with Crippen LogP contribution < -0.4 is 10.6 Å². The number of nitrogens with one attached hydrogen (secondary N) is 2. The first-order chi connectivity index (χ1) is 54.7. The highest BCUT2D eigenvalue weighted by Crippen LogP contribution is 2.31. The Morgan fingerprint density at radius 1 is 0.348 bits per heavy atom. The SMILES string of the molecule is O=C(NCCc1ccccn1)C1CCN(C(=O)c2cc3ccccc3n2Cc2ccc(Cl)cc2)CC1.O=C(NCCc1ccncc1)C1CCN(C(=O)c2cc3ccccc3n2Cc2ccc(Cl)cc2)CC1.O=C(c1cc2ccccc2n1Cc1ccc(Cl)cc1)N1CCC(C(=O)N2CCN(Cc3cccnc3)CC2)CC1. The molecule has 4 fully saturated rings. The van der Waals surface area contributed by atoms with E-state index >= 15 is 0 Å². The van der Waals surface area contributed by atoms with E-state index in [2.05, 4.69) is 56.3 Å². The van der Waals surface area contributed by atoms with Crippen molar-refractivity contribution in [2.45, 2.75) is 77.5 Å². The standard InChI is InChI=1S/C32H34ClN5O2.2C29H29ClN4O2/c33-28-9-7-24(8-10-28)23-38-29-6-2-1-5-27(29)20-30(38)32(40)36-14-11-26(12-15-36)31(39)37-18-16-35(17-19-37)22-25-4-3-13-34-21-25;30-24-10-8-21(9-11-24)20-34-26-7-2-1-5-23(26)19-27(34)29(36)33-17-13-22(14-18-33)28(35)32-16-12-25-6-3-4-15-31-25;30-25-7-5-22(6-8-25)20-34-26-4-2-1-3-24(26)19-27(34)29(36)33-17-12-23(13-18-33)28(35)32-16-11-21-9-14-31-15-10-21/h1-10,13,20-21,26H,11-12,14-19,22-23H2;1-11,15,19,22H,12-14,16-18,20H2,(H,32,35);1-10,14-15,19,23H,11-13,16-18,20H2,(H,32,35). The molecule has 6 aromatic heterocycles. The number of likely N-dealkylation sites (tertiary alicyclic amines) is 3. The maximum Gasteiger partial charge on any atom is 0.270 e. The summed E-state index contributed by atoms with van der Waals surface area (Å²) in [6, 6.07) is 67.2. The van der Waals surface area contributed by atoms with Gasteiger partial charge in [-0.05, 0) is 176 Å². The Bertz CT molecular complexity index is 4970. The highest BCUT2D eigenvalue weighted by Gasteiger charge is 2.35. The molecule has 0 unspecified atom stereocenters. The third-order valence-corrected chi connectivity index (χ3v) is 22.7. The molecule has 4 aliphatic heterocycles. The molecule has 0 aliphatic carbocycles. The molecule has 19 nitrogen and oxygen atoms in total. The van der Waals surface area contributed by atoms with Crippen LogP contribution in [0.1, 0.15) is 104 Å². The molecule has 574 valence electrons. The molecule has 22 heteroatoms. The Morgan fingerprint density at radius 2 is 0.750 bits per heavy atom. The minimum atomic E-state index is -0.0716. The van der Waals surface area contributed by atoms with Gasteiger partial charge in [-0.15, -0.1) is 0 Å². The van der Waals surface area contributed by atoms with Crippen molar-refractivity contribution in [3.8, 4) is 0 Å². The first-order valence-corrected chi connectivity index (χ1v) is 40.0. The number of carbonyl (C=O) groups is 6. The molecule has 10 heterocycles. The largest absolute Gasteiger partial charge is 0.356 e. The van der Waals surface area contributed by atoms with Crippen LogP contribution in [0.4, 0.5) is 0 Å². The van der Waals surface area contributed by atoms with Gasteiger partial charge in [-0.1, -0.05) is 138 Å². The molecule has 0 spiro atoms. The molecule has 0 atom stereocenters. The second-order valence-corrected chi connectivity index (χ2v) is 30.6. The Kier molecular flexibility index (Phi) is 25.9. The number of benzene rings is 6. The molecule has 2 N–H and O–H groups in total. The summed E-state index contributed by atoms with van der Waals surface area (Å²) in [5, 5.41) is 11.3. The van der Waals surface area contributed by atoms with Crippen molar-refractivity contribution in [2.75, 3.05) is 78.5 Å². The Hall–Kier alpha value is -11.0. The van der Waals surface area contributed by atoms with E-state index in [0.29, 0.717) is 149 Å². The number of hydrogen-bond acceptors (Lipinski definition) is 10. The van der Waals surface area contributed by atoms with Gasteiger partial charge in [0.1, 0.15) is 17.1 Å². The number of halogens is 3. The highest BCUT2D eigenvalue weighted by molar-refractivity contribution is 6.31. The average molecular weight is 1560 g/mol. The molecule has 16 rings (SSSR count). The summed E-state index contributed by atoms with van der Waals surface area (Å²) in [5.74, 6) is 0.275. The number of carbonyl (C=O) groups excluding carboxylic acids is 6. The molecule has 0 bridgehead atoms. The number of amides is 6. The van der Waals surface area contributed by atoms with E-state index in [9.17, 15) is 28.8 Å². The zero-order valence-corrected chi connectivity index (χ0v) is 65.0. The van der Waals surface area contributed by atoms with E-state index in [0.717, 1.165) is 99.8 Å². The van der Waals surface area contributed by atoms with Crippen molar-refractivity contribution in [3.05, 3.63) is 303 Å². The quantitative estimate of drug-likeness (QED) is 0.0741. The van der Waals surface area contributed by atoms with Gasteiger partial charge in [0.2, 0.25) is 17.7 Å². The summed E-state index contributed by atoms with van der Waals surface area (Å²) in [6.07, 6.45) is 14.6. The average Bonchev–Trinajstić information content (AvgIpc) is 1.64. The lowest BCUT2D eigenvalue weighted by Crippen LogP contribution is -2.51. The lowest BCUT2D eigenvalue weighted by Gasteiger charge is -2.38. The molecular weight excluding hydrogens is 1470 g/mol. The van der Waals surface area contributed by atoms with Gasteiger partial charge in [-0.2, -0.15) is 0 Å². The number of fused-ring (bicyclic) bond motifs is 3. The van der Waals surface area contributed by atoms with Crippen LogP contribution in [0, 0.1) is 17.8 Å². The van der Waals surface area contributed by atoms with Gasteiger partial charge in [-0.3, -0.25) is 48.6 Å². The van der Waals surface area contributed by atoms with Crippen LogP contribution >= 0.6 is 34.8 Å². The number of aromatic nitrogens is 6. The minimum Gasteiger partial charge on any atom is -0.356 e. The second-order valence-electron chi connectivity index (χ2n) is 29.3. The van der Waals surface area contributed by atoms with Crippen molar-refractivity contribution in [2.24, 2.45) is 17.8 Å². The molecule has 4 saturated heterocycles. The van der Waals surface area contributed by atoms with Crippen LogP contribution in [0.15, 0.2) is 237 Å². The normalized spacial score (nSPS) is 15.2. The Morgan fingerprint density at radius 3 is 1.15 bits per heavy atom. The topological polar surface area (TPSA) is 196 Å². The number of pyridine rings is 3. The zero-order valence-electron chi connectivity index (χ0n) is 62.7. The first kappa shape index (κ1) is 77.8. The Balaban J connectivity index is 0.000000140. The van der Waals surface area contributed by atoms with Crippen LogP contribution in [0.3, 0.4) is 0 Å². The number of piperidine rings is 3. The van der Waals surface area contributed by atoms with Crippen LogP contribution in [0.2, 0.25) is 15.1 Å². The summed E-state index contributed by atoms with van der Waals surface area (Å²) < 4.78 is 6.26. The molecule has 12 aromatic rings. The number of rotatable bonds is 20. The van der Waals surface area contributed by atoms with Crippen molar-refractivity contribution in [3.63, 3.8) is 0 Å². The van der Waals surface area contributed by atoms with Gasteiger partial charge in [0.25, 0.3) is 17.7 Å². The van der Waals surface area contributed by atoms with Gasteiger partial charge in [-0.25, -0.2) is 0 Å². The van der Waals surface area contributed by atoms with Gasteiger partial charge >= 0.3 is 0 Å². The van der Waals surface area contributed by atoms with Gasteiger partial charge in [0.15, 0.2) is 0 Å². The Labute approximate surface area is 668 Å². The van der Waals surface area contributed by atoms with E-state index < -0.39 is 0 Å². The van der Waals surface area contributed by atoms with Crippen molar-refractivity contribution in [1.29, 1.82) is 0 Å².